The minimum Gasteiger partial charge on any atom is -0.370 e. The molecule has 150 valence electrons. The van der Waals surface area contributed by atoms with E-state index in [-0.39, 0.29) is 4.90 Å². The molecule has 27 heavy (non-hydrogen) atoms. The predicted molar refractivity (Wildman–Crippen MR) is 115 cm³/mol. The van der Waals surface area contributed by atoms with Crippen molar-refractivity contribution in [3.8, 4) is 0 Å². The van der Waals surface area contributed by atoms with Crippen molar-refractivity contribution < 1.29 is 22.0 Å². The van der Waals surface area contributed by atoms with E-state index in [1.54, 1.807) is 0 Å². The molecule has 5 nitrogen and oxygen atoms in total. The molecule has 8 heteroatoms. The van der Waals surface area contributed by atoms with Crippen LogP contribution in [-0.4, -0.2) is 37.4 Å². The number of hydrogen-bond donors (Lipinski definition) is 1. The van der Waals surface area contributed by atoms with Gasteiger partial charge in [0.15, 0.2) is 8.77 Å². The first-order valence-corrected chi connectivity index (χ1v) is 13.4. The highest BCUT2D eigenvalue weighted by molar-refractivity contribution is 8.29. The Kier molecular flexibility index (Phi) is 7.93. The van der Waals surface area contributed by atoms with Gasteiger partial charge in [0.2, 0.25) is 0 Å². The van der Waals surface area contributed by atoms with E-state index in [0.29, 0.717) is 31.4 Å². The van der Waals surface area contributed by atoms with Gasteiger partial charge in [-0.1, -0.05) is 37.6 Å². The summed E-state index contributed by atoms with van der Waals surface area (Å²) >= 11 is 5.06. The summed E-state index contributed by atoms with van der Waals surface area (Å²) in [5, 5.41) is 2.39. The zero-order chi connectivity index (χ0) is 20.1. The SMILES string of the molecule is CCCc1c(S(=O)(O)=S)c([Si](OCC)(OCC)OCC)cc2ccccc12. The van der Waals surface area contributed by atoms with Gasteiger partial charge < -0.3 is 17.8 Å². The summed E-state index contributed by atoms with van der Waals surface area (Å²) in [6.07, 6.45) is 1.45. The molecule has 0 aliphatic heterocycles. The average Bonchev–Trinajstić information content (AvgIpc) is 2.61. The van der Waals surface area contributed by atoms with Crippen molar-refractivity contribution in [3.05, 3.63) is 35.9 Å². The molecular weight excluding hydrogens is 400 g/mol. The van der Waals surface area contributed by atoms with E-state index in [1.807, 2.05) is 58.0 Å². The van der Waals surface area contributed by atoms with Gasteiger partial charge in [-0.2, -0.15) is 0 Å². The third kappa shape index (κ3) is 4.76. The zero-order valence-corrected chi connectivity index (χ0v) is 19.0. The molecular formula is C19H28O5S2Si. The number of fused-ring (bicyclic) bond motifs is 1. The lowest BCUT2D eigenvalue weighted by atomic mass is 10.0. The lowest BCUT2D eigenvalue weighted by molar-refractivity contribution is 0.0853. The number of aryl methyl sites for hydroxylation is 1. The van der Waals surface area contributed by atoms with Crippen molar-refractivity contribution in [3.63, 3.8) is 0 Å². The van der Waals surface area contributed by atoms with E-state index < -0.39 is 17.6 Å². The quantitative estimate of drug-likeness (QED) is 0.583. The maximum Gasteiger partial charge on any atom is 0.538 e. The lowest BCUT2D eigenvalue weighted by Gasteiger charge is -2.31. The van der Waals surface area contributed by atoms with Crippen LogP contribution >= 0.6 is 0 Å². The first kappa shape index (κ1) is 22.4. The summed E-state index contributed by atoms with van der Waals surface area (Å²) < 4.78 is 41.4. The summed E-state index contributed by atoms with van der Waals surface area (Å²) in [6, 6.07) is 9.66. The molecule has 1 unspecified atom stereocenters. The highest BCUT2D eigenvalue weighted by Gasteiger charge is 2.47. The van der Waals surface area contributed by atoms with Gasteiger partial charge >= 0.3 is 8.80 Å². The van der Waals surface area contributed by atoms with Gasteiger partial charge in [0.1, 0.15) is 0 Å². The van der Waals surface area contributed by atoms with Crippen LogP contribution in [0, 0.1) is 0 Å². The third-order valence-electron chi connectivity index (χ3n) is 4.20. The first-order valence-electron chi connectivity index (χ1n) is 9.29. The van der Waals surface area contributed by atoms with Crippen LogP contribution in [0.1, 0.15) is 39.7 Å². The van der Waals surface area contributed by atoms with E-state index >= 15 is 0 Å². The average molecular weight is 429 g/mol. The van der Waals surface area contributed by atoms with E-state index in [9.17, 15) is 8.76 Å². The summed E-state index contributed by atoms with van der Waals surface area (Å²) in [6.45, 7) is 8.71. The Morgan fingerprint density at radius 3 is 2.07 bits per heavy atom. The summed E-state index contributed by atoms with van der Waals surface area (Å²) in [5.74, 6) is 0. The summed E-state index contributed by atoms with van der Waals surface area (Å²) in [7, 11) is -7.10. The predicted octanol–water partition coefficient (Wildman–Crippen LogP) is 3.63. The fourth-order valence-corrected chi connectivity index (χ4v) is 8.41. The van der Waals surface area contributed by atoms with Crippen molar-refractivity contribution in [1.29, 1.82) is 0 Å². The molecule has 0 aliphatic rings. The van der Waals surface area contributed by atoms with Crippen LogP contribution < -0.4 is 5.19 Å². The Hall–Kier alpha value is -0.873. The Morgan fingerprint density at radius 1 is 1.04 bits per heavy atom. The van der Waals surface area contributed by atoms with Crippen molar-refractivity contribution in [1.82, 2.24) is 0 Å². The highest BCUT2D eigenvalue weighted by atomic mass is 32.8. The van der Waals surface area contributed by atoms with Crippen molar-refractivity contribution in [2.45, 2.75) is 45.4 Å². The molecule has 0 radical (unpaired) electrons. The van der Waals surface area contributed by atoms with Crippen LogP contribution in [0.3, 0.4) is 0 Å². The molecule has 0 aromatic heterocycles. The summed E-state index contributed by atoms with van der Waals surface area (Å²) in [4.78, 5) is 0.236. The smallest absolute Gasteiger partial charge is 0.370 e. The lowest BCUT2D eigenvalue weighted by Crippen LogP contribution is -2.58. The molecule has 2 aromatic carbocycles. The van der Waals surface area contributed by atoms with Crippen LogP contribution in [-0.2, 0) is 39.7 Å². The molecule has 2 aromatic rings. The molecule has 0 fully saturated rings. The van der Waals surface area contributed by atoms with Crippen LogP contribution in [0.5, 0.6) is 0 Å². The van der Waals surface area contributed by atoms with Crippen LogP contribution in [0.4, 0.5) is 0 Å². The van der Waals surface area contributed by atoms with E-state index in [1.165, 1.54) is 0 Å². The second kappa shape index (κ2) is 9.55. The molecule has 0 heterocycles. The molecule has 0 saturated heterocycles. The number of hydrogen-bond acceptors (Lipinski definition) is 5. The van der Waals surface area contributed by atoms with E-state index in [0.717, 1.165) is 22.8 Å². The highest BCUT2D eigenvalue weighted by Crippen LogP contribution is 2.29. The van der Waals surface area contributed by atoms with Crippen LogP contribution in [0.25, 0.3) is 10.8 Å². The molecule has 0 aliphatic carbocycles. The van der Waals surface area contributed by atoms with Gasteiger partial charge in [-0.15, -0.1) is 0 Å². The van der Waals surface area contributed by atoms with Crippen LogP contribution in [0.2, 0.25) is 0 Å². The second-order valence-corrected chi connectivity index (χ2v) is 11.3. The standard InChI is InChI=1S/C19H28O5S2Si/c1-5-11-17-16-13-10-9-12-15(16)14-18(19(17)26(20,21)25)27(22-6-2,23-7-3)24-8-4/h9-10,12-14H,5-8,11H2,1-4H3,(H,20,21,25). The van der Waals surface area contributed by atoms with Gasteiger partial charge in [-0.25, -0.2) is 4.21 Å². The number of rotatable bonds is 10. The Labute approximate surface area is 167 Å². The van der Waals surface area contributed by atoms with Gasteiger partial charge in [0.25, 0.3) is 0 Å². The van der Waals surface area contributed by atoms with Gasteiger partial charge in [-0.3, -0.25) is 0 Å². The zero-order valence-electron chi connectivity index (χ0n) is 16.3. The molecule has 1 N–H and O–H groups in total. The van der Waals surface area contributed by atoms with Gasteiger partial charge in [0, 0.05) is 36.2 Å². The molecule has 1 atom stereocenters. The summed E-state index contributed by atoms with van der Waals surface area (Å²) in [5.41, 5.74) is 0.782. The minimum atomic E-state index is -3.69. The van der Waals surface area contributed by atoms with Crippen molar-refractivity contribution >= 4 is 44.7 Å². The fourth-order valence-electron chi connectivity index (χ4n) is 3.35. The molecule has 0 bridgehead atoms. The topological polar surface area (TPSA) is 65.0 Å². The van der Waals surface area contributed by atoms with Crippen LogP contribution in [0.15, 0.2) is 35.2 Å². The van der Waals surface area contributed by atoms with Gasteiger partial charge in [-0.05, 0) is 49.6 Å². The largest absolute Gasteiger partial charge is 0.538 e. The van der Waals surface area contributed by atoms with E-state index in [2.05, 4.69) is 0 Å². The second-order valence-electron chi connectivity index (χ2n) is 6.03. The first-order chi connectivity index (χ1) is 12.8. The van der Waals surface area contributed by atoms with Crippen molar-refractivity contribution in [2.75, 3.05) is 19.8 Å². The molecule has 0 spiro atoms. The molecule has 0 saturated carbocycles. The van der Waals surface area contributed by atoms with Crippen molar-refractivity contribution in [2.24, 2.45) is 0 Å². The Morgan fingerprint density at radius 2 is 1.59 bits per heavy atom. The number of benzene rings is 2. The Balaban J connectivity index is 2.99. The maximum absolute atomic E-state index is 12.8. The molecule has 0 amide bonds. The maximum atomic E-state index is 12.8. The Bertz CT molecular complexity index is 866. The monoisotopic (exact) mass is 428 g/mol. The van der Waals surface area contributed by atoms with E-state index in [4.69, 9.17) is 24.5 Å². The molecule has 2 rings (SSSR count). The fraction of sp³-hybridized carbons (Fsp3) is 0.474. The van der Waals surface area contributed by atoms with Gasteiger partial charge in [0.05, 0.1) is 4.90 Å². The third-order valence-corrected chi connectivity index (χ3v) is 8.92. The normalized spacial score (nSPS) is 14.4. The minimum absolute atomic E-state index is 0.236.